The fourth-order valence-corrected chi connectivity index (χ4v) is 8.86. The van der Waals surface area contributed by atoms with E-state index in [1.807, 2.05) is 24.3 Å². The van der Waals surface area contributed by atoms with Crippen molar-refractivity contribution in [3.05, 3.63) is 47.7 Å². The Bertz CT molecular complexity index is 936. The summed E-state index contributed by atoms with van der Waals surface area (Å²) in [4.78, 5) is 11.7. The van der Waals surface area contributed by atoms with Gasteiger partial charge in [0.15, 0.2) is 0 Å². The first kappa shape index (κ1) is 18.0. The Labute approximate surface area is 156 Å². The van der Waals surface area contributed by atoms with Gasteiger partial charge in [0.25, 0.3) is 0 Å². The zero-order valence-corrected chi connectivity index (χ0v) is 18.6. The van der Waals surface area contributed by atoms with E-state index in [1.54, 1.807) is 24.6 Å². The van der Waals surface area contributed by atoms with Crippen LogP contribution in [0.25, 0.3) is 10.1 Å². The van der Waals surface area contributed by atoms with Crippen LogP contribution in [0.5, 0.6) is 5.75 Å². The van der Waals surface area contributed by atoms with E-state index in [2.05, 4.69) is 37.3 Å². The van der Waals surface area contributed by atoms with Gasteiger partial charge in [-0.15, -0.1) is 0 Å². The number of rotatable bonds is 5. The summed E-state index contributed by atoms with van der Waals surface area (Å²) in [7, 11) is 1.67. The molecule has 25 heavy (non-hydrogen) atoms. The normalized spacial score (nSPS) is 11.3. The van der Waals surface area contributed by atoms with Crippen LogP contribution in [-0.2, 0) is 6.54 Å². The molecule has 0 aliphatic rings. The minimum atomic E-state index is -2.19. The predicted molar refractivity (Wildman–Crippen MR) is 108 cm³/mol. The van der Waals surface area contributed by atoms with Crippen molar-refractivity contribution < 1.29 is 4.74 Å². The fourth-order valence-electron chi connectivity index (χ4n) is 2.54. The van der Waals surface area contributed by atoms with Crippen molar-refractivity contribution >= 4 is 48.5 Å². The Balaban J connectivity index is 1.93. The number of hydrogen-bond donors (Lipinski definition) is 1. The molecule has 1 aromatic carbocycles. The maximum absolute atomic E-state index is 9.40. The number of benzene rings is 1. The molecule has 0 spiro atoms. The number of ether oxygens (including phenoxy) is 1. The van der Waals surface area contributed by atoms with Crippen molar-refractivity contribution in [3.63, 3.8) is 0 Å². The first-order chi connectivity index (χ1) is 11.9. The third kappa shape index (κ3) is 3.91. The quantitative estimate of drug-likeness (QED) is 0.579. The zero-order chi connectivity index (χ0) is 18.0. The van der Waals surface area contributed by atoms with Gasteiger partial charge in [-0.25, -0.2) is 0 Å². The average molecular weight is 458 g/mol. The van der Waals surface area contributed by atoms with Crippen molar-refractivity contribution in [1.82, 2.24) is 4.98 Å². The second-order valence-corrected chi connectivity index (χ2v) is 23.4. The number of hydrogen-bond acceptors (Lipinski definition) is 5. The molecule has 0 atom stereocenters. The summed E-state index contributed by atoms with van der Waals surface area (Å²) in [5, 5.41) is 13.9. The van der Waals surface area contributed by atoms with Crippen LogP contribution >= 0.6 is 11.3 Å². The summed E-state index contributed by atoms with van der Waals surface area (Å²) in [6.45, 7) is 0.683. The minimum absolute atomic E-state index is 0.664. The summed E-state index contributed by atoms with van der Waals surface area (Å²) in [5.74, 6) is 1.70. The Morgan fingerprint density at radius 3 is 2.56 bits per heavy atom. The van der Waals surface area contributed by atoms with E-state index in [9.17, 15) is 5.26 Å². The molecule has 0 amide bonds. The third-order valence-corrected chi connectivity index (χ3v) is 14.6. The van der Waals surface area contributed by atoms with E-state index in [-0.39, 0.29) is 0 Å². The molecular weight excluding hydrogens is 437 g/mol. The average Bonchev–Trinajstić information content (AvgIpc) is 3.06. The van der Waals surface area contributed by atoms with Crippen LogP contribution in [0.4, 0.5) is 5.82 Å². The zero-order valence-electron chi connectivity index (χ0n) is 14.9. The van der Waals surface area contributed by atoms with Crippen molar-refractivity contribution in [2.45, 2.75) is 21.4 Å². The number of nitriles is 1. The molecule has 0 radical (unpaired) electrons. The van der Waals surface area contributed by atoms with Crippen LogP contribution in [0.15, 0.2) is 36.5 Å². The molecule has 0 unspecified atom stereocenters. The van der Waals surface area contributed by atoms with E-state index >= 15 is 0 Å². The van der Waals surface area contributed by atoms with Crippen molar-refractivity contribution in [3.8, 4) is 11.8 Å². The van der Waals surface area contributed by atoms with Crippen LogP contribution in [0.1, 0.15) is 11.1 Å². The number of pyridine rings is 1. The first-order valence-corrected chi connectivity index (χ1v) is 18.9. The summed E-state index contributed by atoms with van der Waals surface area (Å²) < 4.78 is 7.71. The van der Waals surface area contributed by atoms with Gasteiger partial charge in [0.2, 0.25) is 0 Å². The molecule has 6 heteroatoms. The Morgan fingerprint density at radius 1 is 1.24 bits per heavy atom. The van der Waals surface area contributed by atoms with Gasteiger partial charge in [-0.05, 0) is 0 Å². The number of thiophene rings is 1. The molecule has 128 valence electrons. The van der Waals surface area contributed by atoms with Gasteiger partial charge in [-0.2, -0.15) is 0 Å². The Hall–Kier alpha value is -1.78. The molecule has 4 nitrogen and oxygen atoms in total. The van der Waals surface area contributed by atoms with Crippen LogP contribution in [0.2, 0.25) is 14.8 Å². The molecule has 0 aliphatic carbocycles. The van der Waals surface area contributed by atoms with Crippen LogP contribution in [-0.4, -0.2) is 30.5 Å². The maximum atomic E-state index is 9.40. The van der Waals surface area contributed by atoms with Gasteiger partial charge in [0.05, 0.1) is 0 Å². The monoisotopic (exact) mass is 459 g/mol. The van der Waals surface area contributed by atoms with Gasteiger partial charge >= 0.3 is 157 Å². The topological polar surface area (TPSA) is 57.9 Å². The Morgan fingerprint density at radius 2 is 1.96 bits per heavy atom. The van der Waals surface area contributed by atoms with Gasteiger partial charge in [0.1, 0.15) is 0 Å². The Kier molecular flexibility index (Phi) is 5.21. The number of methoxy groups -OCH3 is 1. The van der Waals surface area contributed by atoms with Gasteiger partial charge in [-0.3, -0.25) is 0 Å². The summed E-state index contributed by atoms with van der Waals surface area (Å²) >= 11 is -0.419. The molecule has 1 N–H and O–H groups in total. The standard InChI is InChI=1S/C16H12N3OS.3CH3.Sn/c1-20-13-4-2-11(3-5-13)9-18-16-14-6-7-21-15(14)12(8-17)10-19-16;;;;/h2-6,10H,9H2,1H3,(H,18,19);3*1H3;. The van der Waals surface area contributed by atoms with E-state index in [1.165, 1.54) is 2.89 Å². The SMILES string of the molecule is COc1ccc(CNc2ncc(C#N)c3s[c]([Sn]([CH3])([CH3])[CH3])cc23)cc1. The van der Waals surface area contributed by atoms with E-state index in [0.29, 0.717) is 12.1 Å². The fraction of sp³-hybridized carbons (Fsp3) is 0.263. The molecule has 0 aliphatic heterocycles. The van der Waals surface area contributed by atoms with Crippen LogP contribution < -0.4 is 12.9 Å². The van der Waals surface area contributed by atoms with E-state index < -0.39 is 18.4 Å². The number of anilines is 1. The van der Waals surface area contributed by atoms with Crippen LogP contribution in [0.3, 0.4) is 0 Å². The summed E-state index contributed by atoms with van der Waals surface area (Å²) in [6, 6.07) is 12.5. The molecule has 3 aromatic rings. The number of fused-ring (bicyclic) bond motifs is 1. The van der Waals surface area contributed by atoms with Crippen molar-refractivity contribution in [1.29, 1.82) is 5.26 Å². The number of aromatic nitrogens is 1. The molecule has 2 heterocycles. The molecule has 0 fully saturated rings. The molecule has 3 rings (SSSR count). The molecule has 0 saturated heterocycles. The predicted octanol–water partition coefficient (Wildman–Crippen LogP) is 4.33. The second kappa shape index (κ2) is 7.22. The molecule has 0 bridgehead atoms. The molecule has 2 aromatic heterocycles. The van der Waals surface area contributed by atoms with Crippen molar-refractivity contribution in [2.75, 3.05) is 12.4 Å². The summed E-state index contributed by atoms with van der Waals surface area (Å²) in [6.07, 6.45) is 1.68. The number of nitrogens with zero attached hydrogens (tertiary/aromatic N) is 2. The van der Waals surface area contributed by atoms with Gasteiger partial charge in [-0.1, -0.05) is 0 Å². The van der Waals surface area contributed by atoms with Gasteiger partial charge in [0, 0.05) is 0 Å². The van der Waals surface area contributed by atoms with E-state index in [4.69, 9.17) is 4.74 Å². The van der Waals surface area contributed by atoms with E-state index in [0.717, 1.165) is 27.2 Å². The molecule has 0 saturated carbocycles. The second-order valence-electron chi connectivity index (χ2n) is 6.94. The first-order valence-electron chi connectivity index (χ1n) is 8.12. The molecular formula is C19H21N3OSSn. The van der Waals surface area contributed by atoms with Crippen LogP contribution in [0, 0.1) is 11.3 Å². The van der Waals surface area contributed by atoms with Crippen molar-refractivity contribution in [2.24, 2.45) is 0 Å². The third-order valence-electron chi connectivity index (χ3n) is 4.03. The number of nitrogens with one attached hydrogen (secondary N) is 1. The summed E-state index contributed by atoms with van der Waals surface area (Å²) in [5.41, 5.74) is 1.82. The van der Waals surface area contributed by atoms with Gasteiger partial charge < -0.3 is 0 Å².